The maximum absolute atomic E-state index is 13.2. The molecule has 6 rings (SSSR count). The fraction of sp³-hybridized carbons (Fsp3) is 0.0667. The highest BCUT2D eigenvalue weighted by Gasteiger charge is 2.18. The van der Waals surface area contributed by atoms with Crippen LogP contribution in [0.4, 0.5) is 15.8 Å². The number of rotatable bonds is 6. The molecule has 2 heterocycles. The van der Waals surface area contributed by atoms with Crippen LogP contribution in [0.5, 0.6) is 11.8 Å². The van der Waals surface area contributed by atoms with Gasteiger partial charge in [-0.05, 0) is 45.7 Å². The van der Waals surface area contributed by atoms with Crippen LogP contribution in [0.3, 0.4) is 0 Å². The fourth-order valence-corrected chi connectivity index (χ4v) is 4.63. The van der Waals surface area contributed by atoms with Crippen molar-refractivity contribution in [3.63, 3.8) is 0 Å². The first kappa shape index (κ1) is 25.3. The molecule has 9 heteroatoms. The molecule has 2 N–H and O–H groups in total. The molecule has 0 amide bonds. The van der Waals surface area contributed by atoms with Gasteiger partial charge in [-0.25, -0.2) is 4.39 Å². The summed E-state index contributed by atoms with van der Waals surface area (Å²) >= 11 is 0. The van der Waals surface area contributed by atoms with Crippen molar-refractivity contribution in [3.05, 3.63) is 130 Å². The first-order chi connectivity index (χ1) is 19.0. The Morgan fingerprint density at radius 1 is 0.590 bits per heavy atom. The van der Waals surface area contributed by atoms with Crippen LogP contribution in [-0.4, -0.2) is 19.3 Å². The van der Waals surface area contributed by atoms with Crippen molar-refractivity contribution in [2.45, 2.75) is 13.1 Å². The van der Waals surface area contributed by atoms with E-state index in [1.54, 1.807) is 51.6 Å². The van der Waals surface area contributed by atoms with Gasteiger partial charge in [0.2, 0.25) is 11.8 Å². The molecule has 0 aliphatic carbocycles. The van der Waals surface area contributed by atoms with Crippen LogP contribution in [-0.2, 0) is 13.1 Å². The first-order valence-corrected chi connectivity index (χ1v) is 12.1. The van der Waals surface area contributed by atoms with Crippen molar-refractivity contribution in [2.24, 2.45) is 10.4 Å². The zero-order chi connectivity index (χ0) is 27.4. The number of aromatic nitrogens is 2. The van der Waals surface area contributed by atoms with Gasteiger partial charge < -0.3 is 19.3 Å². The lowest BCUT2D eigenvalue weighted by molar-refractivity contribution is 0.429. The van der Waals surface area contributed by atoms with E-state index in [0.717, 1.165) is 11.1 Å². The Morgan fingerprint density at radius 2 is 1.05 bits per heavy atom. The van der Waals surface area contributed by atoms with Gasteiger partial charge >= 0.3 is 0 Å². The number of hydrogen-bond acceptors (Lipinski definition) is 6. The van der Waals surface area contributed by atoms with Gasteiger partial charge in [0.1, 0.15) is 5.82 Å². The second kappa shape index (κ2) is 11.0. The molecule has 39 heavy (non-hydrogen) atoms. The van der Waals surface area contributed by atoms with E-state index >= 15 is 0 Å². The van der Waals surface area contributed by atoms with Crippen LogP contribution in [0.25, 0.3) is 21.8 Å². The van der Waals surface area contributed by atoms with E-state index < -0.39 is 0 Å². The second-order valence-corrected chi connectivity index (χ2v) is 8.85. The molecule has 4 aromatic carbocycles. The van der Waals surface area contributed by atoms with E-state index in [4.69, 9.17) is 0 Å². The number of aromatic hydroxyl groups is 2. The highest BCUT2D eigenvalue weighted by atomic mass is 19.1. The smallest absolute Gasteiger partial charge is 0.222 e. The summed E-state index contributed by atoms with van der Waals surface area (Å²) in [7, 11) is 0. The van der Waals surface area contributed by atoms with Crippen molar-refractivity contribution in [2.75, 3.05) is 0 Å². The van der Waals surface area contributed by atoms with Crippen LogP contribution in [0.2, 0.25) is 0 Å². The Kier molecular flexibility index (Phi) is 7.13. The summed E-state index contributed by atoms with van der Waals surface area (Å²) in [5.74, 6) is -0.627. The first-order valence-electron chi connectivity index (χ1n) is 12.1. The largest absolute Gasteiger partial charge is 0.493 e. The Balaban J connectivity index is 0.000000158. The third kappa shape index (κ3) is 4.97. The minimum Gasteiger partial charge on any atom is -0.493 e. The van der Waals surface area contributed by atoms with Gasteiger partial charge in [0.25, 0.3) is 0 Å². The zero-order valence-electron chi connectivity index (χ0n) is 20.6. The minimum absolute atomic E-state index is 0.0111. The Labute approximate surface area is 222 Å². The van der Waals surface area contributed by atoms with Crippen molar-refractivity contribution >= 4 is 33.2 Å². The van der Waals surface area contributed by atoms with Gasteiger partial charge in [-0.15, -0.1) is 9.81 Å². The lowest BCUT2D eigenvalue weighted by atomic mass is 10.2. The van der Waals surface area contributed by atoms with E-state index in [1.807, 2.05) is 48.5 Å². The molecule has 0 unspecified atom stereocenters. The van der Waals surface area contributed by atoms with E-state index in [-0.39, 0.29) is 35.5 Å². The molecule has 0 aliphatic heterocycles. The van der Waals surface area contributed by atoms with Crippen LogP contribution >= 0.6 is 0 Å². The topological polar surface area (TPSA) is 109 Å². The quantitative estimate of drug-likeness (QED) is 0.218. The number of fused-ring (bicyclic) bond motifs is 2. The molecule has 194 valence electrons. The Hall–Kier alpha value is -5.31. The van der Waals surface area contributed by atoms with Crippen molar-refractivity contribution in [1.82, 2.24) is 9.13 Å². The van der Waals surface area contributed by atoms with E-state index in [9.17, 15) is 24.4 Å². The number of halogens is 1. The molecule has 0 saturated carbocycles. The SMILES string of the molecule is O=Nc1c(O)n(Cc2cccc(F)c2)c2ccccc12.O=Nc1c(O)n(Cc2ccccc2)c2ccccc12. The Morgan fingerprint density at radius 3 is 1.56 bits per heavy atom. The predicted octanol–water partition coefficient (Wildman–Crippen LogP) is 7.73. The van der Waals surface area contributed by atoms with Gasteiger partial charge in [0.15, 0.2) is 11.4 Å². The van der Waals surface area contributed by atoms with Gasteiger partial charge in [-0.1, -0.05) is 78.9 Å². The molecule has 8 nitrogen and oxygen atoms in total. The standard InChI is InChI=1S/C15H11FN2O2.C15H12N2O2/c16-11-5-3-4-10(8-11)9-18-13-7-2-1-6-12(13)14(17-20)15(18)19;18-15-14(16-19)12-8-4-5-9-13(12)17(15)10-11-6-2-1-3-7-11/h1-8,19H,9H2;1-9,18H,10H2. The lowest BCUT2D eigenvalue weighted by Crippen LogP contribution is -1.99. The Bertz CT molecular complexity index is 1790. The third-order valence-corrected chi connectivity index (χ3v) is 6.43. The highest BCUT2D eigenvalue weighted by molar-refractivity contribution is 5.95. The van der Waals surface area contributed by atoms with Crippen LogP contribution in [0.1, 0.15) is 11.1 Å². The number of benzene rings is 4. The summed E-state index contributed by atoms with van der Waals surface area (Å²) in [5.41, 5.74) is 3.35. The summed E-state index contributed by atoms with van der Waals surface area (Å²) in [6.07, 6.45) is 0. The van der Waals surface area contributed by atoms with Gasteiger partial charge in [-0.2, -0.15) is 0 Å². The second-order valence-electron chi connectivity index (χ2n) is 8.85. The van der Waals surface area contributed by atoms with Gasteiger partial charge in [0.05, 0.1) is 24.1 Å². The highest BCUT2D eigenvalue weighted by Crippen LogP contribution is 2.39. The molecule has 0 spiro atoms. The number of nitroso groups, excluding NO2 is 2. The summed E-state index contributed by atoms with van der Waals surface area (Å²) in [5, 5.41) is 27.3. The molecule has 0 radical (unpaired) electrons. The normalized spacial score (nSPS) is 10.8. The maximum atomic E-state index is 13.2. The van der Waals surface area contributed by atoms with Crippen molar-refractivity contribution in [3.8, 4) is 11.8 Å². The zero-order valence-corrected chi connectivity index (χ0v) is 20.6. The van der Waals surface area contributed by atoms with E-state index in [0.29, 0.717) is 28.4 Å². The molecule has 0 aliphatic rings. The number of hydrogen-bond donors (Lipinski definition) is 2. The van der Waals surface area contributed by atoms with Crippen LogP contribution in [0, 0.1) is 15.6 Å². The average molecular weight is 523 g/mol. The molecule has 0 atom stereocenters. The fourth-order valence-electron chi connectivity index (χ4n) is 4.63. The predicted molar refractivity (Wildman–Crippen MR) is 149 cm³/mol. The third-order valence-electron chi connectivity index (χ3n) is 6.43. The molecule has 0 fully saturated rings. The minimum atomic E-state index is -0.341. The summed E-state index contributed by atoms with van der Waals surface area (Å²) in [6.45, 7) is 0.766. The molecular weight excluding hydrogens is 499 g/mol. The molecular formula is C30H23FN4O4. The van der Waals surface area contributed by atoms with Crippen LogP contribution < -0.4 is 0 Å². The lowest BCUT2D eigenvalue weighted by Gasteiger charge is -2.07. The van der Waals surface area contributed by atoms with Crippen molar-refractivity contribution in [1.29, 1.82) is 0 Å². The summed E-state index contributed by atoms with van der Waals surface area (Å²) < 4.78 is 16.5. The maximum Gasteiger partial charge on any atom is 0.222 e. The van der Waals surface area contributed by atoms with E-state index in [1.165, 1.54) is 12.1 Å². The molecule has 0 saturated heterocycles. The molecule has 0 bridgehead atoms. The number of nitrogens with zero attached hydrogens (tertiary/aromatic N) is 4. The average Bonchev–Trinajstić information content (AvgIpc) is 3.39. The molecule has 2 aromatic heterocycles. The van der Waals surface area contributed by atoms with E-state index in [2.05, 4.69) is 10.4 Å². The molecule has 6 aromatic rings. The van der Waals surface area contributed by atoms with Crippen molar-refractivity contribution < 1.29 is 14.6 Å². The monoisotopic (exact) mass is 522 g/mol. The number of para-hydroxylation sites is 2. The van der Waals surface area contributed by atoms with Gasteiger partial charge in [-0.3, -0.25) is 0 Å². The van der Waals surface area contributed by atoms with Gasteiger partial charge in [0, 0.05) is 10.8 Å². The summed E-state index contributed by atoms with van der Waals surface area (Å²) in [4.78, 5) is 21.8. The summed E-state index contributed by atoms with van der Waals surface area (Å²) in [6, 6.07) is 30.3. The van der Waals surface area contributed by atoms with Crippen LogP contribution in [0.15, 0.2) is 113 Å².